The lowest BCUT2D eigenvalue weighted by Crippen LogP contribution is -2.33. The van der Waals surface area contributed by atoms with Crippen LogP contribution in [0.4, 0.5) is 17.6 Å². The van der Waals surface area contributed by atoms with Crippen molar-refractivity contribution in [2.75, 3.05) is 33.7 Å². The Hall–Kier alpha value is -1.18. The van der Waals surface area contributed by atoms with E-state index in [0.717, 1.165) is 12.1 Å². The minimum absolute atomic E-state index is 0.0914. The lowest BCUT2D eigenvalue weighted by atomic mass is 10.0. The fraction of sp³-hybridized carbons (Fsp3) is 0.538. The summed E-state index contributed by atoms with van der Waals surface area (Å²) < 4.78 is 51.3. The Bertz CT molecular complexity index is 432. The number of hydrogen-bond donors (Lipinski definition) is 2. The van der Waals surface area contributed by atoms with Crippen molar-refractivity contribution in [2.45, 2.75) is 12.2 Å². The zero-order valence-electron chi connectivity index (χ0n) is 11.5. The molecule has 0 aromatic heterocycles. The van der Waals surface area contributed by atoms with Gasteiger partial charge in [0, 0.05) is 25.7 Å². The average Bonchev–Trinajstić information content (AvgIpc) is 2.32. The molecule has 20 heavy (non-hydrogen) atoms. The van der Waals surface area contributed by atoms with Gasteiger partial charge in [-0.25, -0.2) is 4.39 Å². The van der Waals surface area contributed by atoms with Crippen LogP contribution in [0.1, 0.15) is 17.2 Å². The summed E-state index contributed by atoms with van der Waals surface area (Å²) in [7, 11) is 3.76. The fourth-order valence-corrected chi connectivity index (χ4v) is 1.78. The standard InChI is InChI=1S/C13H19F4N3/c1-20(2)4-3-19-12(8-18)9-5-10(13(15,16)17)7-11(14)6-9/h5-7,12,19H,3-4,8,18H2,1-2H3. The minimum Gasteiger partial charge on any atom is -0.329 e. The summed E-state index contributed by atoms with van der Waals surface area (Å²) in [5.74, 6) is -0.914. The molecule has 0 saturated carbocycles. The van der Waals surface area contributed by atoms with Gasteiger partial charge in [0.25, 0.3) is 0 Å². The number of hydrogen-bond acceptors (Lipinski definition) is 3. The van der Waals surface area contributed by atoms with E-state index in [-0.39, 0.29) is 12.1 Å². The highest BCUT2D eigenvalue weighted by Gasteiger charge is 2.31. The summed E-state index contributed by atoms with van der Waals surface area (Å²) in [6.07, 6.45) is -4.57. The zero-order valence-corrected chi connectivity index (χ0v) is 11.5. The first-order chi connectivity index (χ1) is 9.24. The summed E-state index contributed by atoms with van der Waals surface area (Å²) in [6, 6.07) is 1.99. The Labute approximate surface area is 115 Å². The van der Waals surface area contributed by atoms with Gasteiger partial charge in [-0.2, -0.15) is 13.2 Å². The van der Waals surface area contributed by atoms with Gasteiger partial charge >= 0.3 is 6.18 Å². The number of alkyl halides is 3. The van der Waals surface area contributed by atoms with E-state index < -0.39 is 23.6 Å². The summed E-state index contributed by atoms with van der Waals surface area (Å²) in [5, 5.41) is 3.02. The molecule has 0 amide bonds. The van der Waals surface area contributed by atoms with Gasteiger partial charge < -0.3 is 16.0 Å². The zero-order chi connectivity index (χ0) is 15.3. The molecular formula is C13H19F4N3. The Kier molecular flexibility index (Phi) is 5.91. The van der Waals surface area contributed by atoms with Crippen molar-refractivity contribution >= 4 is 0 Å². The Morgan fingerprint density at radius 3 is 2.40 bits per heavy atom. The monoisotopic (exact) mass is 293 g/mol. The van der Waals surface area contributed by atoms with E-state index in [1.165, 1.54) is 0 Å². The number of likely N-dealkylation sites (N-methyl/N-ethyl adjacent to an activating group) is 1. The molecule has 1 unspecified atom stereocenters. The van der Waals surface area contributed by atoms with Crippen molar-refractivity contribution in [3.05, 3.63) is 35.1 Å². The highest BCUT2D eigenvalue weighted by atomic mass is 19.4. The number of halogens is 4. The van der Waals surface area contributed by atoms with Crippen molar-refractivity contribution in [2.24, 2.45) is 5.73 Å². The molecule has 0 aliphatic heterocycles. The van der Waals surface area contributed by atoms with Crippen LogP contribution in [0.15, 0.2) is 18.2 Å². The molecule has 0 radical (unpaired) electrons. The van der Waals surface area contributed by atoms with E-state index >= 15 is 0 Å². The molecule has 1 rings (SSSR count). The first kappa shape index (κ1) is 16.9. The van der Waals surface area contributed by atoms with Crippen LogP contribution in [-0.4, -0.2) is 38.6 Å². The van der Waals surface area contributed by atoms with E-state index in [1.54, 1.807) is 0 Å². The van der Waals surface area contributed by atoms with Gasteiger partial charge in [-0.3, -0.25) is 0 Å². The van der Waals surface area contributed by atoms with Crippen molar-refractivity contribution in [3.8, 4) is 0 Å². The second-order valence-electron chi connectivity index (χ2n) is 4.82. The van der Waals surface area contributed by atoms with Crippen LogP contribution in [0, 0.1) is 5.82 Å². The van der Waals surface area contributed by atoms with Crippen LogP contribution in [0.25, 0.3) is 0 Å². The van der Waals surface area contributed by atoms with Crippen molar-refractivity contribution in [1.82, 2.24) is 10.2 Å². The molecule has 0 fully saturated rings. The predicted molar refractivity (Wildman–Crippen MR) is 69.8 cm³/mol. The summed E-state index contributed by atoms with van der Waals surface area (Å²) in [6.45, 7) is 1.35. The molecule has 0 spiro atoms. The summed E-state index contributed by atoms with van der Waals surface area (Å²) in [4.78, 5) is 1.92. The second kappa shape index (κ2) is 7.01. The normalized spacial score (nSPS) is 13.8. The molecule has 1 aromatic rings. The van der Waals surface area contributed by atoms with Gasteiger partial charge in [-0.1, -0.05) is 0 Å². The fourth-order valence-electron chi connectivity index (χ4n) is 1.78. The predicted octanol–water partition coefficient (Wildman–Crippen LogP) is 2.00. The van der Waals surface area contributed by atoms with Gasteiger partial charge in [0.1, 0.15) is 5.82 Å². The van der Waals surface area contributed by atoms with Crippen LogP contribution in [0.2, 0.25) is 0 Å². The average molecular weight is 293 g/mol. The quantitative estimate of drug-likeness (QED) is 0.788. The molecular weight excluding hydrogens is 274 g/mol. The maximum atomic E-state index is 13.3. The van der Waals surface area contributed by atoms with Crippen LogP contribution < -0.4 is 11.1 Å². The van der Waals surface area contributed by atoms with E-state index in [9.17, 15) is 17.6 Å². The van der Waals surface area contributed by atoms with Crippen molar-refractivity contribution < 1.29 is 17.6 Å². The van der Waals surface area contributed by atoms with Crippen molar-refractivity contribution in [3.63, 3.8) is 0 Å². The number of nitrogens with two attached hydrogens (primary N) is 1. The minimum atomic E-state index is -4.57. The smallest absolute Gasteiger partial charge is 0.329 e. The van der Waals surface area contributed by atoms with Gasteiger partial charge in [0.05, 0.1) is 5.56 Å². The molecule has 0 aliphatic carbocycles. The van der Waals surface area contributed by atoms with Crippen LogP contribution >= 0.6 is 0 Å². The number of nitrogens with zero attached hydrogens (tertiary/aromatic N) is 1. The lowest BCUT2D eigenvalue weighted by molar-refractivity contribution is -0.137. The first-order valence-electron chi connectivity index (χ1n) is 6.20. The number of benzene rings is 1. The van der Waals surface area contributed by atoms with E-state index in [1.807, 2.05) is 19.0 Å². The van der Waals surface area contributed by atoms with E-state index in [2.05, 4.69) is 5.32 Å². The molecule has 7 heteroatoms. The molecule has 3 nitrogen and oxygen atoms in total. The molecule has 0 saturated heterocycles. The first-order valence-corrected chi connectivity index (χ1v) is 6.20. The summed E-state index contributed by atoms with van der Waals surface area (Å²) >= 11 is 0. The Morgan fingerprint density at radius 2 is 1.90 bits per heavy atom. The second-order valence-corrected chi connectivity index (χ2v) is 4.82. The van der Waals surface area contributed by atoms with E-state index in [0.29, 0.717) is 19.2 Å². The highest BCUT2D eigenvalue weighted by molar-refractivity contribution is 5.29. The molecule has 0 bridgehead atoms. The largest absolute Gasteiger partial charge is 0.416 e. The highest BCUT2D eigenvalue weighted by Crippen LogP contribution is 2.31. The van der Waals surface area contributed by atoms with Gasteiger partial charge in [0.2, 0.25) is 0 Å². The van der Waals surface area contributed by atoms with Gasteiger partial charge in [-0.15, -0.1) is 0 Å². The van der Waals surface area contributed by atoms with Gasteiger partial charge in [-0.05, 0) is 37.9 Å². The third-order valence-electron chi connectivity index (χ3n) is 2.84. The molecule has 1 aromatic carbocycles. The van der Waals surface area contributed by atoms with E-state index in [4.69, 9.17) is 5.73 Å². The topological polar surface area (TPSA) is 41.3 Å². The molecule has 0 aliphatic rings. The maximum absolute atomic E-state index is 13.3. The third-order valence-corrected chi connectivity index (χ3v) is 2.84. The molecule has 0 heterocycles. The maximum Gasteiger partial charge on any atom is 0.416 e. The SMILES string of the molecule is CN(C)CCNC(CN)c1cc(F)cc(C(F)(F)F)c1. The Morgan fingerprint density at radius 1 is 1.25 bits per heavy atom. The summed E-state index contributed by atoms with van der Waals surface area (Å²) in [5.41, 5.74) is 4.76. The van der Waals surface area contributed by atoms with Gasteiger partial charge in [0.15, 0.2) is 0 Å². The van der Waals surface area contributed by atoms with Crippen LogP contribution in [-0.2, 0) is 6.18 Å². The molecule has 1 atom stereocenters. The van der Waals surface area contributed by atoms with Crippen LogP contribution in [0.5, 0.6) is 0 Å². The molecule has 114 valence electrons. The Balaban J connectivity index is 2.89. The third kappa shape index (κ3) is 5.07. The lowest BCUT2D eigenvalue weighted by Gasteiger charge is -2.20. The van der Waals surface area contributed by atoms with Crippen molar-refractivity contribution in [1.29, 1.82) is 0 Å². The number of nitrogens with one attached hydrogen (secondary N) is 1. The molecule has 3 N–H and O–H groups in total. The number of rotatable bonds is 6. The van der Waals surface area contributed by atoms with Crippen LogP contribution in [0.3, 0.4) is 0 Å².